The first kappa shape index (κ1) is 14.5. The Labute approximate surface area is 109 Å². The number of benzene rings is 1. The second-order valence-corrected chi connectivity index (χ2v) is 3.74. The van der Waals surface area contributed by atoms with Gasteiger partial charge in [-0.3, -0.25) is 4.79 Å². The molecule has 0 spiro atoms. The number of rotatable bonds is 4. The van der Waals surface area contributed by atoms with Gasteiger partial charge < -0.3 is 20.5 Å². The van der Waals surface area contributed by atoms with Crippen LogP contribution in [0.5, 0.6) is 0 Å². The molecule has 0 aliphatic heterocycles. The molecule has 19 heavy (non-hydrogen) atoms. The number of ether oxygens (including phenoxy) is 1. The Balaban J connectivity index is 2.74. The molecule has 7 nitrogen and oxygen atoms in total. The standard InChI is InChI=1S/C12H14N2O5/c1-7-3-4-9(8(5-7)11(16)17)14-12(18)13-6-10(15)19-2/h3-5H,6H2,1-2H3,(H,16,17)(H2,13,14,18). The van der Waals surface area contributed by atoms with Crippen LogP contribution < -0.4 is 10.6 Å². The van der Waals surface area contributed by atoms with Gasteiger partial charge in [-0.05, 0) is 19.1 Å². The topological polar surface area (TPSA) is 105 Å². The number of urea groups is 1. The van der Waals surface area contributed by atoms with E-state index in [9.17, 15) is 14.4 Å². The van der Waals surface area contributed by atoms with Gasteiger partial charge in [-0.2, -0.15) is 0 Å². The van der Waals surface area contributed by atoms with E-state index in [1.165, 1.54) is 19.2 Å². The summed E-state index contributed by atoms with van der Waals surface area (Å²) in [6.07, 6.45) is 0. The minimum absolute atomic E-state index is 0.0202. The summed E-state index contributed by atoms with van der Waals surface area (Å²) in [6, 6.07) is 3.91. The lowest BCUT2D eigenvalue weighted by Gasteiger charge is -2.10. The highest BCUT2D eigenvalue weighted by Gasteiger charge is 2.13. The molecule has 0 unspecified atom stereocenters. The average Bonchev–Trinajstić information content (AvgIpc) is 2.37. The summed E-state index contributed by atoms with van der Waals surface area (Å²) < 4.78 is 4.35. The number of carboxylic acid groups (broad SMARTS) is 1. The predicted octanol–water partition coefficient (Wildman–Crippen LogP) is 0.988. The van der Waals surface area contributed by atoms with Crippen LogP contribution in [0.15, 0.2) is 18.2 Å². The maximum atomic E-state index is 11.5. The van der Waals surface area contributed by atoms with Crippen LogP contribution in [0.2, 0.25) is 0 Å². The van der Waals surface area contributed by atoms with E-state index >= 15 is 0 Å². The molecule has 0 bridgehead atoms. The Hall–Kier alpha value is -2.57. The molecule has 2 amide bonds. The minimum Gasteiger partial charge on any atom is -0.478 e. The number of nitrogens with one attached hydrogen (secondary N) is 2. The highest BCUT2D eigenvalue weighted by atomic mass is 16.5. The fourth-order valence-corrected chi connectivity index (χ4v) is 1.34. The lowest BCUT2D eigenvalue weighted by Crippen LogP contribution is -2.34. The first-order chi connectivity index (χ1) is 8.93. The van der Waals surface area contributed by atoms with Gasteiger partial charge in [0.1, 0.15) is 6.54 Å². The maximum Gasteiger partial charge on any atom is 0.337 e. The fraction of sp³-hybridized carbons (Fsp3) is 0.250. The van der Waals surface area contributed by atoms with Gasteiger partial charge >= 0.3 is 18.0 Å². The minimum atomic E-state index is -1.15. The summed E-state index contributed by atoms with van der Waals surface area (Å²) in [6.45, 7) is 1.45. The van der Waals surface area contributed by atoms with E-state index in [0.29, 0.717) is 0 Å². The smallest absolute Gasteiger partial charge is 0.337 e. The fourth-order valence-electron chi connectivity index (χ4n) is 1.34. The van der Waals surface area contributed by atoms with Gasteiger partial charge in [0.15, 0.2) is 0 Å². The molecule has 0 saturated heterocycles. The molecule has 0 aliphatic rings. The molecule has 1 aromatic rings. The van der Waals surface area contributed by atoms with Crippen molar-refractivity contribution < 1.29 is 24.2 Å². The van der Waals surface area contributed by atoms with E-state index in [1.807, 2.05) is 0 Å². The average molecular weight is 266 g/mol. The van der Waals surface area contributed by atoms with Crippen LogP contribution >= 0.6 is 0 Å². The number of hydrogen-bond donors (Lipinski definition) is 3. The van der Waals surface area contributed by atoms with E-state index in [4.69, 9.17) is 5.11 Å². The van der Waals surface area contributed by atoms with Crippen molar-refractivity contribution in [1.82, 2.24) is 5.32 Å². The number of aromatic carboxylic acids is 1. The van der Waals surface area contributed by atoms with Crippen LogP contribution in [0, 0.1) is 6.92 Å². The third-order valence-corrected chi connectivity index (χ3v) is 2.27. The zero-order valence-corrected chi connectivity index (χ0v) is 10.5. The second kappa shape index (κ2) is 6.39. The molecule has 0 aliphatic carbocycles. The van der Waals surface area contributed by atoms with Crippen molar-refractivity contribution in [2.24, 2.45) is 0 Å². The number of carboxylic acids is 1. The number of amides is 2. The third kappa shape index (κ3) is 4.30. The van der Waals surface area contributed by atoms with Crippen LogP contribution in [0.1, 0.15) is 15.9 Å². The van der Waals surface area contributed by atoms with Gasteiger partial charge in [-0.15, -0.1) is 0 Å². The molecule has 1 rings (SSSR count). The Bertz CT molecular complexity index is 513. The molecule has 3 N–H and O–H groups in total. The van der Waals surface area contributed by atoms with Gasteiger partial charge in [0.2, 0.25) is 0 Å². The molecule has 7 heteroatoms. The molecule has 0 aromatic heterocycles. The molecule has 1 aromatic carbocycles. The van der Waals surface area contributed by atoms with Gasteiger partial charge in [0, 0.05) is 0 Å². The van der Waals surface area contributed by atoms with Gasteiger partial charge in [0.05, 0.1) is 18.4 Å². The largest absolute Gasteiger partial charge is 0.478 e. The quantitative estimate of drug-likeness (QED) is 0.705. The summed E-state index contributed by atoms with van der Waals surface area (Å²) in [4.78, 5) is 33.3. The van der Waals surface area contributed by atoms with Crippen molar-refractivity contribution in [2.75, 3.05) is 19.0 Å². The molecule has 0 saturated carbocycles. The number of hydrogen-bond acceptors (Lipinski definition) is 4. The van der Waals surface area contributed by atoms with E-state index in [-0.39, 0.29) is 17.8 Å². The zero-order valence-electron chi connectivity index (χ0n) is 10.5. The van der Waals surface area contributed by atoms with Crippen molar-refractivity contribution in [3.63, 3.8) is 0 Å². The summed E-state index contributed by atoms with van der Waals surface area (Å²) >= 11 is 0. The Morgan fingerprint density at radius 2 is 2.00 bits per heavy atom. The van der Waals surface area contributed by atoms with Crippen molar-refractivity contribution in [3.05, 3.63) is 29.3 Å². The lowest BCUT2D eigenvalue weighted by atomic mass is 10.1. The molecular weight excluding hydrogens is 252 g/mol. The maximum absolute atomic E-state index is 11.5. The summed E-state index contributed by atoms with van der Waals surface area (Å²) in [5, 5.41) is 13.6. The number of aryl methyl sites for hydroxylation is 1. The summed E-state index contributed by atoms with van der Waals surface area (Å²) in [5.41, 5.74) is 0.895. The Morgan fingerprint density at radius 1 is 1.32 bits per heavy atom. The van der Waals surface area contributed by atoms with Crippen LogP contribution in [0.25, 0.3) is 0 Å². The van der Waals surface area contributed by atoms with E-state index in [1.54, 1.807) is 13.0 Å². The number of methoxy groups -OCH3 is 1. The number of esters is 1. The Kier molecular flexibility index (Phi) is 4.87. The summed E-state index contributed by atoms with van der Waals surface area (Å²) in [7, 11) is 1.20. The third-order valence-electron chi connectivity index (χ3n) is 2.27. The first-order valence-corrected chi connectivity index (χ1v) is 5.39. The molecule has 102 valence electrons. The normalized spacial score (nSPS) is 9.58. The van der Waals surface area contributed by atoms with Crippen LogP contribution in [-0.4, -0.2) is 36.7 Å². The van der Waals surface area contributed by atoms with Crippen molar-refractivity contribution in [3.8, 4) is 0 Å². The van der Waals surface area contributed by atoms with Crippen LogP contribution in [-0.2, 0) is 9.53 Å². The van der Waals surface area contributed by atoms with Crippen molar-refractivity contribution in [1.29, 1.82) is 0 Å². The van der Waals surface area contributed by atoms with Crippen LogP contribution in [0.4, 0.5) is 10.5 Å². The molecule has 0 radical (unpaired) electrons. The SMILES string of the molecule is COC(=O)CNC(=O)Nc1ccc(C)cc1C(=O)O. The predicted molar refractivity (Wildman–Crippen MR) is 67.2 cm³/mol. The number of carbonyl (C=O) groups excluding carboxylic acids is 2. The highest BCUT2D eigenvalue weighted by molar-refractivity contribution is 6.00. The first-order valence-electron chi connectivity index (χ1n) is 5.39. The molecule has 0 heterocycles. The van der Waals surface area contributed by atoms with Crippen molar-refractivity contribution in [2.45, 2.75) is 6.92 Å². The van der Waals surface area contributed by atoms with E-state index < -0.39 is 18.0 Å². The second-order valence-electron chi connectivity index (χ2n) is 3.74. The lowest BCUT2D eigenvalue weighted by molar-refractivity contribution is -0.139. The van der Waals surface area contributed by atoms with Gasteiger partial charge in [-0.25, -0.2) is 9.59 Å². The van der Waals surface area contributed by atoms with E-state index in [0.717, 1.165) is 5.56 Å². The zero-order chi connectivity index (χ0) is 14.4. The molecule has 0 atom stereocenters. The summed E-state index contributed by atoms with van der Waals surface area (Å²) in [5.74, 6) is -1.75. The molecule has 0 fully saturated rings. The monoisotopic (exact) mass is 266 g/mol. The van der Waals surface area contributed by atoms with Gasteiger partial charge in [0.25, 0.3) is 0 Å². The van der Waals surface area contributed by atoms with E-state index in [2.05, 4.69) is 15.4 Å². The number of anilines is 1. The highest BCUT2D eigenvalue weighted by Crippen LogP contribution is 2.17. The van der Waals surface area contributed by atoms with Crippen molar-refractivity contribution >= 4 is 23.7 Å². The van der Waals surface area contributed by atoms with Crippen LogP contribution in [0.3, 0.4) is 0 Å². The Morgan fingerprint density at radius 3 is 2.58 bits per heavy atom. The number of carbonyl (C=O) groups is 3. The molecular formula is C12H14N2O5. The van der Waals surface area contributed by atoms with Gasteiger partial charge in [-0.1, -0.05) is 11.6 Å².